The molecule has 0 amide bonds. The van der Waals surface area contributed by atoms with E-state index in [4.69, 9.17) is 0 Å². The minimum atomic E-state index is -0.210. The van der Waals surface area contributed by atoms with Gasteiger partial charge in [-0.25, -0.2) is 0 Å². The maximum Gasteiger partial charge on any atom is 0.306 e. The molecular formula is C15H20O3. The Balaban J connectivity index is 0.000000771. The number of carbonyl (C=O) groups excluding carboxylic acids is 1. The summed E-state index contributed by atoms with van der Waals surface area (Å²) in [6.45, 7) is 7.96. The molecule has 1 unspecified atom stereocenters. The van der Waals surface area contributed by atoms with Gasteiger partial charge in [-0.3, -0.25) is 4.79 Å². The van der Waals surface area contributed by atoms with Gasteiger partial charge in [0, 0.05) is 0 Å². The van der Waals surface area contributed by atoms with Gasteiger partial charge in [0.15, 0.2) is 0 Å². The van der Waals surface area contributed by atoms with Crippen LogP contribution in [-0.2, 0) is 9.53 Å². The van der Waals surface area contributed by atoms with Crippen molar-refractivity contribution in [1.82, 2.24) is 0 Å². The van der Waals surface area contributed by atoms with Gasteiger partial charge in [0.25, 0.3) is 0 Å². The number of methoxy groups -OCH3 is 1. The minimum absolute atomic E-state index is 0.135. The molecule has 2 rings (SSSR count). The lowest BCUT2D eigenvalue weighted by Gasteiger charge is -2.09. The van der Waals surface area contributed by atoms with Gasteiger partial charge >= 0.3 is 5.97 Å². The van der Waals surface area contributed by atoms with Gasteiger partial charge in [-0.2, -0.15) is 0 Å². The van der Waals surface area contributed by atoms with E-state index in [0.717, 1.165) is 23.1 Å². The summed E-state index contributed by atoms with van der Waals surface area (Å²) in [7, 11) is 1.39. The Bertz CT molecular complexity index is 449. The summed E-state index contributed by atoms with van der Waals surface area (Å²) in [4.78, 5) is 11.2. The van der Waals surface area contributed by atoms with Crippen LogP contribution in [0.1, 0.15) is 43.7 Å². The Morgan fingerprint density at radius 3 is 2.78 bits per heavy atom. The highest BCUT2D eigenvalue weighted by atomic mass is 16.5. The number of phenols is 1. The number of carbonyl (C=O) groups is 1. The molecule has 0 bridgehead atoms. The lowest BCUT2D eigenvalue weighted by Crippen LogP contribution is -2.06. The van der Waals surface area contributed by atoms with Crippen LogP contribution in [0.5, 0.6) is 5.75 Å². The molecule has 0 radical (unpaired) electrons. The zero-order valence-corrected chi connectivity index (χ0v) is 11.2. The molecular weight excluding hydrogens is 228 g/mol. The van der Waals surface area contributed by atoms with Crippen LogP contribution in [-0.4, -0.2) is 18.2 Å². The van der Waals surface area contributed by atoms with Crippen molar-refractivity contribution in [1.29, 1.82) is 0 Å². The van der Waals surface area contributed by atoms with Crippen molar-refractivity contribution in [3.8, 4) is 5.75 Å². The fraction of sp³-hybridized carbons (Fsp3) is 0.400. The summed E-state index contributed by atoms with van der Waals surface area (Å²) >= 11 is 0. The molecule has 0 spiro atoms. The van der Waals surface area contributed by atoms with E-state index >= 15 is 0 Å². The number of rotatable bonds is 2. The molecule has 0 aliphatic heterocycles. The monoisotopic (exact) mass is 248 g/mol. The van der Waals surface area contributed by atoms with Crippen molar-refractivity contribution in [3.05, 3.63) is 35.9 Å². The van der Waals surface area contributed by atoms with E-state index in [-0.39, 0.29) is 17.6 Å². The highest BCUT2D eigenvalue weighted by molar-refractivity contribution is 5.77. The lowest BCUT2D eigenvalue weighted by molar-refractivity contribution is -0.141. The first-order chi connectivity index (χ1) is 8.61. The number of phenolic OH excluding ortho intramolecular Hbond substituents is 1. The molecule has 98 valence electrons. The molecule has 0 saturated heterocycles. The molecule has 18 heavy (non-hydrogen) atoms. The van der Waals surface area contributed by atoms with Crippen LogP contribution < -0.4 is 0 Å². The molecule has 0 aromatic heterocycles. The molecule has 3 nitrogen and oxygen atoms in total. The van der Waals surface area contributed by atoms with Crippen molar-refractivity contribution >= 4 is 11.5 Å². The van der Waals surface area contributed by atoms with Crippen molar-refractivity contribution < 1.29 is 14.6 Å². The first-order valence-electron chi connectivity index (χ1n) is 6.19. The summed E-state index contributed by atoms with van der Waals surface area (Å²) < 4.78 is 4.67. The Morgan fingerprint density at radius 2 is 2.17 bits per heavy atom. The van der Waals surface area contributed by atoms with Crippen molar-refractivity contribution in [2.45, 2.75) is 32.6 Å². The fourth-order valence-electron chi connectivity index (χ4n) is 2.19. The van der Waals surface area contributed by atoms with Gasteiger partial charge in [0.2, 0.25) is 0 Å². The highest BCUT2D eigenvalue weighted by Gasteiger charge is 2.27. The van der Waals surface area contributed by atoms with E-state index in [0.29, 0.717) is 6.42 Å². The first-order valence-corrected chi connectivity index (χ1v) is 6.19. The smallest absolute Gasteiger partial charge is 0.306 e. The van der Waals surface area contributed by atoms with Crippen molar-refractivity contribution in [3.63, 3.8) is 0 Å². The zero-order chi connectivity index (χ0) is 13.7. The Kier molecular flexibility index (Phi) is 4.95. The number of fused-ring (bicyclic) bond motifs is 1. The Hall–Kier alpha value is -1.77. The number of esters is 1. The van der Waals surface area contributed by atoms with E-state index < -0.39 is 0 Å². The predicted molar refractivity (Wildman–Crippen MR) is 72.5 cm³/mol. The van der Waals surface area contributed by atoms with Gasteiger partial charge in [0.05, 0.1) is 13.5 Å². The van der Waals surface area contributed by atoms with Crippen LogP contribution in [0.4, 0.5) is 0 Å². The molecule has 1 atom stereocenters. The average Bonchev–Trinajstić information content (AvgIpc) is 2.68. The number of ether oxygens (including phenoxy) is 1. The van der Waals surface area contributed by atoms with E-state index in [2.05, 4.69) is 11.3 Å². The van der Waals surface area contributed by atoms with Crippen LogP contribution in [0.3, 0.4) is 0 Å². The van der Waals surface area contributed by atoms with Crippen LogP contribution >= 0.6 is 0 Å². The quantitative estimate of drug-likeness (QED) is 0.815. The normalized spacial score (nSPS) is 16.6. The average molecular weight is 248 g/mol. The van der Waals surface area contributed by atoms with Gasteiger partial charge in [-0.1, -0.05) is 26.5 Å². The summed E-state index contributed by atoms with van der Waals surface area (Å²) in [5.41, 5.74) is 3.02. The molecule has 0 fully saturated rings. The molecule has 1 N–H and O–H groups in total. The molecule has 1 aromatic carbocycles. The fourth-order valence-corrected chi connectivity index (χ4v) is 2.19. The van der Waals surface area contributed by atoms with Crippen LogP contribution in [0.15, 0.2) is 24.8 Å². The van der Waals surface area contributed by atoms with Crippen LogP contribution in [0.2, 0.25) is 0 Å². The highest BCUT2D eigenvalue weighted by Crippen LogP contribution is 2.43. The topological polar surface area (TPSA) is 46.5 Å². The van der Waals surface area contributed by atoms with Gasteiger partial charge in [0.1, 0.15) is 5.75 Å². The number of hydrogen-bond acceptors (Lipinski definition) is 3. The molecule has 1 aliphatic rings. The molecule has 0 heterocycles. The Labute approximate surface area is 108 Å². The molecule has 1 aromatic rings. The number of hydrogen-bond donors (Lipinski definition) is 1. The summed E-state index contributed by atoms with van der Waals surface area (Å²) in [5.74, 6) is 0.160. The number of allylic oxidation sites excluding steroid dienone is 1. The molecule has 3 heteroatoms. The molecule has 0 saturated carbocycles. The maximum absolute atomic E-state index is 11.2. The lowest BCUT2D eigenvalue weighted by atomic mass is 9.98. The van der Waals surface area contributed by atoms with Crippen molar-refractivity contribution in [2.75, 3.05) is 7.11 Å². The third-order valence-electron chi connectivity index (χ3n) is 2.99. The summed E-state index contributed by atoms with van der Waals surface area (Å²) in [6, 6.07) is 5.20. The SMILES string of the molecule is C=C1CC(CC(=O)OC)c2ccc(O)cc21.CC. The second kappa shape index (κ2) is 6.24. The first kappa shape index (κ1) is 14.3. The second-order valence-electron chi connectivity index (χ2n) is 4.06. The van der Waals surface area contributed by atoms with E-state index in [1.807, 2.05) is 19.9 Å². The third-order valence-corrected chi connectivity index (χ3v) is 2.99. The number of aromatic hydroxyl groups is 1. The van der Waals surface area contributed by atoms with Gasteiger partial charge < -0.3 is 9.84 Å². The zero-order valence-electron chi connectivity index (χ0n) is 11.2. The van der Waals surface area contributed by atoms with Crippen LogP contribution in [0, 0.1) is 0 Å². The number of benzene rings is 1. The van der Waals surface area contributed by atoms with Gasteiger partial charge in [-0.05, 0) is 41.2 Å². The summed E-state index contributed by atoms with van der Waals surface area (Å²) in [6.07, 6.45) is 1.13. The third kappa shape index (κ3) is 2.92. The Morgan fingerprint density at radius 1 is 1.50 bits per heavy atom. The second-order valence-corrected chi connectivity index (χ2v) is 4.06. The maximum atomic E-state index is 11.2. The standard InChI is InChI=1S/C13H14O3.C2H6/c1-8-5-9(6-13(15)16-2)11-4-3-10(14)7-12(8)11;1-2/h3-4,7,9,14H,1,5-6H2,2H3;1-2H3. The largest absolute Gasteiger partial charge is 0.508 e. The molecule has 1 aliphatic carbocycles. The van der Waals surface area contributed by atoms with E-state index in [9.17, 15) is 9.90 Å². The van der Waals surface area contributed by atoms with E-state index in [1.54, 1.807) is 12.1 Å². The van der Waals surface area contributed by atoms with Crippen molar-refractivity contribution in [2.24, 2.45) is 0 Å². The summed E-state index contributed by atoms with van der Waals surface area (Å²) in [5, 5.41) is 9.40. The minimum Gasteiger partial charge on any atom is -0.508 e. The van der Waals surface area contributed by atoms with E-state index in [1.165, 1.54) is 7.11 Å². The van der Waals surface area contributed by atoms with Crippen LogP contribution in [0.25, 0.3) is 5.57 Å². The van der Waals surface area contributed by atoms with Gasteiger partial charge in [-0.15, -0.1) is 0 Å². The predicted octanol–water partition coefficient (Wildman–Crippen LogP) is 3.48.